The number of halogens is 4. The molecule has 2 rings (SSSR count). The lowest BCUT2D eigenvalue weighted by molar-refractivity contribution is 0.213. The van der Waals surface area contributed by atoms with Crippen molar-refractivity contribution in [2.75, 3.05) is 0 Å². The Balaban J connectivity index is 2.46. The van der Waals surface area contributed by atoms with E-state index >= 15 is 0 Å². The Morgan fingerprint density at radius 2 is 1.50 bits per heavy atom. The normalized spacial score (nSPS) is 12.5. The van der Waals surface area contributed by atoms with Crippen molar-refractivity contribution in [3.8, 4) is 0 Å². The van der Waals surface area contributed by atoms with Crippen LogP contribution in [-0.4, -0.2) is 5.11 Å². The molecule has 0 aliphatic heterocycles. The molecule has 1 N–H and O–H groups in total. The van der Waals surface area contributed by atoms with Gasteiger partial charge in [-0.05, 0) is 23.8 Å². The fourth-order valence-corrected chi connectivity index (χ4v) is 1.60. The largest absolute Gasteiger partial charge is 0.384 e. The van der Waals surface area contributed by atoms with Crippen LogP contribution in [0.5, 0.6) is 0 Å². The van der Waals surface area contributed by atoms with E-state index in [0.717, 1.165) is 12.1 Å². The summed E-state index contributed by atoms with van der Waals surface area (Å²) in [4.78, 5) is 0. The summed E-state index contributed by atoms with van der Waals surface area (Å²) >= 11 is 0. The number of rotatable bonds is 2. The number of hydrogen-bond donors (Lipinski definition) is 1. The zero-order valence-electron chi connectivity index (χ0n) is 9.00. The Morgan fingerprint density at radius 3 is 2.17 bits per heavy atom. The maximum Gasteiger partial charge on any atom is 0.161 e. The minimum absolute atomic E-state index is 0.0555. The van der Waals surface area contributed by atoms with Crippen LogP contribution in [-0.2, 0) is 0 Å². The topological polar surface area (TPSA) is 20.2 Å². The van der Waals surface area contributed by atoms with Crippen LogP contribution in [0.25, 0.3) is 0 Å². The SMILES string of the molecule is OC(c1cccc(F)c1)c1cc(F)c(F)cc1F. The van der Waals surface area contributed by atoms with Gasteiger partial charge in [0, 0.05) is 11.6 Å². The average Bonchev–Trinajstić information content (AvgIpc) is 2.33. The maximum atomic E-state index is 13.4. The Morgan fingerprint density at radius 1 is 0.833 bits per heavy atom. The van der Waals surface area contributed by atoms with Gasteiger partial charge in [0.15, 0.2) is 11.6 Å². The van der Waals surface area contributed by atoms with Gasteiger partial charge in [-0.2, -0.15) is 0 Å². The third-order valence-electron chi connectivity index (χ3n) is 2.50. The van der Waals surface area contributed by atoms with E-state index in [0.29, 0.717) is 12.1 Å². The molecule has 0 saturated carbocycles. The van der Waals surface area contributed by atoms with Gasteiger partial charge < -0.3 is 5.11 Å². The van der Waals surface area contributed by atoms with Gasteiger partial charge in [0.25, 0.3) is 0 Å². The monoisotopic (exact) mass is 256 g/mol. The van der Waals surface area contributed by atoms with E-state index in [9.17, 15) is 22.7 Å². The summed E-state index contributed by atoms with van der Waals surface area (Å²) in [5, 5.41) is 9.82. The molecule has 1 nitrogen and oxygen atoms in total. The highest BCUT2D eigenvalue weighted by molar-refractivity contribution is 5.31. The first-order valence-corrected chi connectivity index (χ1v) is 5.07. The molecule has 94 valence electrons. The van der Waals surface area contributed by atoms with Gasteiger partial charge in [-0.1, -0.05) is 12.1 Å². The number of benzene rings is 2. The predicted molar refractivity (Wildman–Crippen MR) is 56.8 cm³/mol. The molecular weight excluding hydrogens is 248 g/mol. The van der Waals surface area contributed by atoms with Crippen molar-refractivity contribution in [1.82, 2.24) is 0 Å². The molecule has 0 aromatic heterocycles. The Bertz CT molecular complexity index is 583. The molecule has 18 heavy (non-hydrogen) atoms. The van der Waals surface area contributed by atoms with E-state index in [1.165, 1.54) is 12.1 Å². The maximum absolute atomic E-state index is 13.4. The van der Waals surface area contributed by atoms with Gasteiger partial charge in [-0.15, -0.1) is 0 Å². The molecule has 0 bridgehead atoms. The van der Waals surface area contributed by atoms with Gasteiger partial charge in [-0.3, -0.25) is 0 Å². The fourth-order valence-electron chi connectivity index (χ4n) is 1.60. The van der Waals surface area contributed by atoms with Crippen LogP contribution < -0.4 is 0 Å². The standard InChI is InChI=1S/C13H8F4O/c14-8-3-1-2-7(4-8)13(18)9-5-11(16)12(17)6-10(9)15/h1-6,13,18H. The highest BCUT2D eigenvalue weighted by atomic mass is 19.2. The van der Waals surface area contributed by atoms with E-state index in [1.54, 1.807) is 0 Å². The zero-order valence-corrected chi connectivity index (χ0v) is 9.00. The summed E-state index contributed by atoms with van der Waals surface area (Å²) in [5.41, 5.74) is -0.389. The molecule has 2 aromatic rings. The zero-order chi connectivity index (χ0) is 13.3. The molecule has 2 aromatic carbocycles. The summed E-state index contributed by atoms with van der Waals surface area (Å²) in [7, 11) is 0. The van der Waals surface area contributed by atoms with Crippen molar-refractivity contribution in [1.29, 1.82) is 0 Å². The van der Waals surface area contributed by atoms with E-state index in [4.69, 9.17) is 0 Å². The van der Waals surface area contributed by atoms with Gasteiger partial charge in [0.2, 0.25) is 0 Å². The Labute approximate surface area is 100 Å². The van der Waals surface area contributed by atoms with Crippen molar-refractivity contribution < 1.29 is 22.7 Å². The fraction of sp³-hybridized carbons (Fsp3) is 0.0769. The lowest BCUT2D eigenvalue weighted by Crippen LogP contribution is -2.05. The predicted octanol–water partition coefficient (Wildman–Crippen LogP) is 3.32. The minimum atomic E-state index is -1.56. The number of aliphatic hydroxyl groups excluding tert-OH is 1. The molecule has 5 heteroatoms. The van der Waals surface area contributed by atoms with Crippen LogP contribution in [0.3, 0.4) is 0 Å². The van der Waals surface area contributed by atoms with Crippen LogP contribution in [0.4, 0.5) is 17.6 Å². The second-order valence-corrected chi connectivity index (χ2v) is 3.75. The third-order valence-corrected chi connectivity index (χ3v) is 2.50. The summed E-state index contributed by atoms with van der Waals surface area (Å²) in [6.45, 7) is 0. The van der Waals surface area contributed by atoms with E-state index in [-0.39, 0.29) is 5.56 Å². The first kappa shape index (κ1) is 12.6. The number of aliphatic hydroxyl groups is 1. The molecule has 1 unspecified atom stereocenters. The first-order chi connectivity index (χ1) is 8.49. The van der Waals surface area contributed by atoms with Crippen LogP contribution in [0.1, 0.15) is 17.2 Å². The van der Waals surface area contributed by atoms with Crippen molar-refractivity contribution in [3.05, 3.63) is 70.8 Å². The van der Waals surface area contributed by atoms with Crippen LogP contribution in [0.15, 0.2) is 36.4 Å². The van der Waals surface area contributed by atoms with E-state index in [2.05, 4.69) is 0 Å². The highest BCUT2D eigenvalue weighted by Gasteiger charge is 2.18. The van der Waals surface area contributed by atoms with Gasteiger partial charge in [-0.25, -0.2) is 17.6 Å². The molecular formula is C13H8F4O. The molecule has 0 radical (unpaired) electrons. The molecule has 0 fully saturated rings. The average molecular weight is 256 g/mol. The highest BCUT2D eigenvalue weighted by Crippen LogP contribution is 2.26. The van der Waals surface area contributed by atoms with Crippen LogP contribution in [0.2, 0.25) is 0 Å². The Kier molecular flexibility index (Phi) is 3.34. The first-order valence-electron chi connectivity index (χ1n) is 5.07. The third kappa shape index (κ3) is 2.36. The molecule has 0 saturated heterocycles. The van der Waals surface area contributed by atoms with Crippen molar-refractivity contribution in [2.45, 2.75) is 6.10 Å². The second kappa shape index (κ2) is 4.78. The summed E-state index contributed by atoms with van der Waals surface area (Å²) in [6, 6.07) is 5.72. The smallest absolute Gasteiger partial charge is 0.161 e. The lowest BCUT2D eigenvalue weighted by atomic mass is 10.0. The molecule has 0 aliphatic carbocycles. The molecule has 1 atom stereocenters. The molecule has 0 amide bonds. The van der Waals surface area contributed by atoms with Gasteiger partial charge >= 0.3 is 0 Å². The van der Waals surface area contributed by atoms with Crippen LogP contribution >= 0.6 is 0 Å². The van der Waals surface area contributed by atoms with Gasteiger partial charge in [0.1, 0.15) is 17.7 Å². The second-order valence-electron chi connectivity index (χ2n) is 3.75. The summed E-state index contributed by atoms with van der Waals surface area (Å²) < 4.78 is 52.1. The minimum Gasteiger partial charge on any atom is -0.384 e. The van der Waals surface area contributed by atoms with E-state index < -0.39 is 34.9 Å². The summed E-state index contributed by atoms with van der Waals surface area (Å²) in [5.74, 6) is -4.33. The molecule has 0 aliphatic rings. The van der Waals surface area contributed by atoms with E-state index in [1.807, 2.05) is 0 Å². The van der Waals surface area contributed by atoms with Crippen molar-refractivity contribution in [3.63, 3.8) is 0 Å². The van der Waals surface area contributed by atoms with Crippen molar-refractivity contribution in [2.24, 2.45) is 0 Å². The molecule has 0 spiro atoms. The lowest BCUT2D eigenvalue weighted by Gasteiger charge is -2.12. The molecule has 0 heterocycles. The summed E-state index contributed by atoms with van der Waals surface area (Å²) in [6.07, 6.45) is -1.56. The van der Waals surface area contributed by atoms with Gasteiger partial charge in [0.05, 0.1) is 0 Å². The van der Waals surface area contributed by atoms with Crippen molar-refractivity contribution >= 4 is 0 Å². The quantitative estimate of drug-likeness (QED) is 0.645. The van der Waals surface area contributed by atoms with Crippen LogP contribution in [0, 0.1) is 23.3 Å². The number of hydrogen-bond acceptors (Lipinski definition) is 1. The Hall–Kier alpha value is -1.88.